The normalized spacial score (nSPS) is 17.1. The molecule has 0 saturated carbocycles. The van der Waals surface area contributed by atoms with Crippen molar-refractivity contribution < 1.29 is 4.74 Å². The van der Waals surface area contributed by atoms with Gasteiger partial charge >= 0.3 is 0 Å². The number of nitrogens with one attached hydrogen (secondary N) is 1. The van der Waals surface area contributed by atoms with E-state index in [1.807, 2.05) is 13.8 Å². The van der Waals surface area contributed by atoms with Gasteiger partial charge in [0.1, 0.15) is 0 Å². The second-order valence-corrected chi connectivity index (χ2v) is 5.32. The van der Waals surface area contributed by atoms with E-state index in [1.165, 1.54) is 19.3 Å². The molecule has 1 aromatic rings. The molecule has 0 aliphatic carbocycles. The van der Waals surface area contributed by atoms with Crippen LogP contribution in [0.25, 0.3) is 0 Å². The molecular formula is C13H22ClN5O. The van der Waals surface area contributed by atoms with Crippen LogP contribution in [-0.2, 0) is 4.74 Å². The summed E-state index contributed by atoms with van der Waals surface area (Å²) < 4.78 is 5.37. The van der Waals surface area contributed by atoms with Gasteiger partial charge in [0.05, 0.1) is 6.61 Å². The van der Waals surface area contributed by atoms with Crippen LogP contribution >= 0.6 is 11.6 Å². The zero-order valence-corrected chi connectivity index (χ0v) is 12.9. The highest BCUT2D eigenvalue weighted by Crippen LogP contribution is 2.18. The van der Waals surface area contributed by atoms with E-state index in [1.54, 1.807) is 0 Å². The predicted octanol–water partition coefficient (Wildman–Crippen LogP) is 2.35. The van der Waals surface area contributed by atoms with E-state index in [9.17, 15) is 0 Å². The lowest BCUT2D eigenvalue weighted by molar-refractivity contribution is 0.141. The molecule has 1 aliphatic rings. The van der Waals surface area contributed by atoms with Crippen molar-refractivity contribution in [3.63, 3.8) is 0 Å². The summed E-state index contributed by atoms with van der Waals surface area (Å²) in [5.41, 5.74) is 0. The van der Waals surface area contributed by atoms with Crippen molar-refractivity contribution in [3.05, 3.63) is 5.28 Å². The summed E-state index contributed by atoms with van der Waals surface area (Å²) in [6, 6.07) is 0.127. The molecule has 2 rings (SSSR count). The van der Waals surface area contributed by atoms with Gasteiger partial charge in [-0.15, -0.1) is 0 Å². The van der Waals surface area contributed by atoms with E-state index < -0.39 is 0 Å². The Hall–Kier alpha value is -1.14. The van der Waals surface area contributed by atoms with Gasteiger partial charge in [0.15, 0.2) is 0 Å². The topological polar surface area (TPSA) is 63.2 Å². The standard InChI is InChI=1S/C13H22ClN5O/c1-3-20-9-10(2)15-12-16-11(14)17-13(18-12)19-7-5-4-6-8-19/h10H,3-9H2,1-2H3,(H,15,16,17,18). The number of ether oxygens (including phenoxy) is 1. The van der Waals surface area contributed by atoms with Crippen molar-refractivity contribution in [2.24, 2.45) is 0 Å². The molecular weight excluding hydrogens is 278 g/mol. The molecule has 6 nitrogen and oxygen atoms in total. The summed E-state index contributed by atoms with van der Waals surface area (Å²) in [7, 11) is 0. The molecule has 1 aromatic heterocycles. The lowest BCUT2D eigenvalue weighted by Crippen LogP contribution is -2.32. The lowest BCUT2D eigenvalue weighted by Gasteiger charge is -2.26. The molecule has 1 aliphatic heterocycles. The molecule has 0 radical (unpaired) electrons. The van der Waals surface area contributed by atoms with Crippen LogP contribution in [0.1, 0.15) is 33.1 Å². The quantitative estimate of drug-likeness (QED) is 0.870. The first-order valence-corrected chi connectivity index (χ1v) is 7.57. The third kappa shape index (κ3) is 4.45. The van der Waals surface area contributed by atoms with Gasteiger partial charge in [-0.1, -0.05) is 0 Å². The Bertz CT molecular complexity index is 425. The Morgan fingerprint density at radius 2 is 2.00 bits per heavy atom. The SMILES string of the molecule is CCOCC(C)Nc1nc(Cl)nc(N2CCCCC2)n1. The van der Waals surface area contributed by atoms with E-state index in [2.05, 4.69) is 25.2 Å². The zero-order chi connectivity index (χ0) is 14.4. The van der Waals surface area contributed by atoms with Gasteiger partial charge < -0.3 is 15.0 Å². The Labute approximate surface area is 124 Å². The number of hydrogen-bond acceptors (Lipinski definition) is 6. The van der Waals surface area contributed by atoms with Gasteiger partial charge in [-0.05, 0) is 44.7 Å². The van der Waals surface area contributed by atoms with E-state index in [-0.39, 0.29) is 11.3 Å². The molecule has 0 bridgehead atoms. The van der Waals surface area contributed by atoms with Crippen LogP contribution in [0.2, 0.25) is 5.28 Å². The van der Waals surface area contributed by atoms with Crippen LogP contribution in [0, 0.1) is 0 Å². The third-order valence-electron chi connectivity index (χ3n) is 3.18. The highest BCUT2D eigenvalue weighted by Gasteiger charge is 2.16. The average molecular weight is 300 g/mol. The van der Waals surface area contributed by atoms with Gasteiger partial charge in [-0.2, -0.15) is 15.0 Å². The van der Waals surface area contributed by atoms with Crippen molar-refractivity contribution in [2.75, 3.05) is 36.5 Å². The molecule has 1 fully saturated rings. The van der Waals surface area contributed by atoms with Gasteiger partial charge in [-0.25, -0.2) is 0 Å². The second-order valence-electron chi connectivity index (χ2n) is 4.98. The average Bonchev–Trinajstić information content (AvgIpc) is 2.45. The fourth-order valence-electron chi connectivity index (χ4n) is 2.20. The van der Waals surface area contributed by atoms with E-state index in [4.69, 9.17) is 16.3 Å². The van der Waals surface area contributed by atoms with E-state index in [0.717, 1.165) is 13.1 Å². The first kappa shape index (κ1) is 15.3. The Morgan fingerprint density at radius 3 is 2.70 bits per heavy atom. The minimum Gasteiger partial charge on any atom is -0.380 e. The number of hydrogen-bond donors (Lipinski definition) is 1. The van der Waals surface area contributed by atoms with Crippen molar-refractivity contribution in [1.29, 1.82) is 0 Å². The number of anilines is 2. The minimum absolute atomic E-state index is 0.127. The van der Waals surface area contributed by atoms with E-state index in [0.29, 0.717) is 25.1 Å². The first-order valence-electron chi connectivity index (χ1n) is 7.20. The summed E-state index contributed by atoms with van der Waals surface area (Å²) in [6.07, 6.45) is 3.62. The summed E-state index contributed by atoms with van der Waals surface area (Å²) >= 11 is 6.00. The molecule has 0 aromatic carbocycles. The molecule has 1 unspecified atom stereocenters. The van der Waals surface area contributed by atoms with Crippen molar-refractivity contribution in [3.8, 4) is 0 Å². The fourth-order valence-corrected chi connectivity index (χ4v) is 2.35. The Kier molecular flexibility index (Phi) is 5.79. The molecule has 1 saturated heterocycles. The van der Waals surface area contributed by atoms with E-state index >= 15 is 0 Å². The Balaban J connectivity index is 2.03. The number of nitrogens with zero attached hydrogens (tertiary/aromatic N) is 4. The van der Waals surface area contributed by atoms with Crippen molar-refractivity contribution in [1.82, 2.24) is 15.0 Å². The summed E-state index contributed by atoms with van der Waals surface area (Å²) in [6.45, 7) is 7.26. The van der Waals surface area contributed by atoms with Crippen LogP contribution in [0.15, 0.2) is 0 Å². The molecule has 1 atom stereocenters. The van der Waals surface area contributed by atoms with Gasteiger partial charge in [0, 0.05) is 25.7 Å². The number of aromatic nitrogens is 3. The molecule has 20 heavy (non-hydrogen) atoms. The number of halogens is 1. The molecule has 0 amide bonds. The monoisotopic (exact) mass is 299 g/mol. The highest BCUT2D eigenvalue weighted by atomic mass is 35.5. The van der Waals surface area contributed by atoms with Crippen LogP contribution in [-0.4, -0.2) is 47.3 Å². The predicted molar refractivity (Wildman–Crippen MR) is 80.5 cm³/mol. The Morgan fingerprint density at radius 1 is 1.25 bits per heavy atom. The van der Waals surface area contributed by atoms with Crippen LogP contribution in [0.3, 0.4) is 0 Å². The fraction of sp³-hybridized carbons (Fsp3) is 0.769. The third-order valence-corrected chi connectivity index (χ3v) is 3.35. The van der Waals surface area contributed by atoms with Gasteiger partial charge in [0.25, 0.3) is 0 Å². The molecule has 7 heteroatoms. The van der Waals surface area contributed by atoms with Crippen LogP contribution in [0.4, 0.5) is 11.9 Å². The minimum atomic E-state index is 0.127. The smallest absolute Gasteiger partial charge is 0.231 e. The summed E-state index contributed by atoms with van der Waals surface area (Å²) in [5, 5.41) is 3.43. The summed E-state index contributed by atoms with van der Waals surface area (Å²) in [5.74, 6) is 1.17. The zero-order valence-electron chi connectivity index (χ0n) is 12.1. The molecule has 112 valence electrons. The lowest BCUT2D eigenvalue weighted by atomic mass is 10.1. The van der Waals surface area contributed by atoms with Crippen LogP contribution in [0.5, 0.6) is 0 Å². The van der Waals surface area contributed by atoms with Gasteiger partial charge in [-0.3, -0.25) is 0 Å². The number of rotatable bonds is 6. The maximum Gasteiger partial charge on any atom is 0.231 e. The molecule has 2 heterocycles. The second kappa shape index (κ2) is 7.59. The van der Waals surface area contributed by atoms with Gasteiger partial charge in [0.2, 0.25) is 17.2 Å². The maximum atomic E-state index is 6.00. The summed E-state index contributed by atoms with van der Waals surface area (Å²) in [4.78, 5) is 15.0. The molecule has 1 N–H and O–H groups in total. The number of piperidine rings is 1. The van der Waals surface area contributed by atoms with Crippen molar-refractivity contribution in [2.45, 2.75) is 39.2 Å². The van der Waals surface area contributed by atoms with Crippen molar-refractivity contribution >= 4 is 23.5 Å². The largest absolute Gasteiger partial charge is 0.380 e. The van der Waals surface area contributed by atoms with Crippen LogP contribution < -0.4 is 10.2 Å². The highest BCUT2D eigenvalue weighted by molar-refractivity contribution is 6.28. The maximum absolute atomic E-state index is 6.00. The first-order chi connectivity index (χ1) is 9.69. The molecule has 0 spiro atoms.